The lowest BCUT2D eigenvalue weighted by Crippen LogP contribution is -2.42. The Morgan fingerprint density at radius 1 is 1.16 bits per heavy atom. The number of likely N-dealkylation sites (tertiary alicyclic amines) is 1. The van der Waals surface area contributed by atoms with Crippen LogP contribution in [0.25, 0.3) is 0 Å². The Balaban J connectivity index is 1.76. The Kier molecular flexibility index (Phi) is 6.62. The van der Waals surface area contributed by atoms with E-state index in [1.54, 1.807) is 0 Å². The SMILES string of the molecule is CCCNC1COCC1CN1CCCC(CC)CC1. The number of nitrogens with one attached hydrogen (secondary N) is 1. The second kappa shape index (κ2) is 8.23. The van der Waals surface area contributed by atoms with Gasteiger partial charge in [-0.05, 0) is 51.2 Å². The molecule has 0 spiro atoms. The van der Waals surface area contributed by atoms with E-state index >= 15 is 0 Å². The van der Waals surface area contributed by atoms with Crippen LogP contribution in [0.4, 0.5) is 0 Å². The molecule has 0 amide bonds. The van der Waals surface area contributed by atoms with E-state index in [2.05, 4.69) is 24.1 Å². The molecule has 1 N–H and O–H groups in total. The molecule has 3 unspecified atom stereocenters. The van der Waals surface area contributed by atoms with Crippen LogP contribution in [0.2, 0.25) is 0 Å². The van der Waals surface area contributed by atoms with Crippen molar-refractivity contribution in [3.8, 4) is 0 Å². The summed E-state index contributed by atoms with van der Waals surface area (Å²) in [6, 6.07) is 0.588. The van der Waals surface area contributed by atoms with Gasteiger partial charge in [0, 0.05) is 18.5 Å². The first-order valence-electron chi connectivity index (χ1n) is 8.37. The summed E-state index contributed by atoms with van der Waals surface area (Å²) in [4.78, 5) is 2.69. The van der Waals surface area contributed by atoms with E-state index in [4.69, 9.17) is 4.74 Å². The molecule has 0 radical (unpaired) electrons. The quantitative estimate of drug-likeness (QED) is 0.801. The Morgan fingerprint density at radius 2 is 2.05 bits per heavy atom. The first-order chi connectivity index (χ1) is 9.33. The molecule has 2 saturated heterocycles. The van der Waals surface area contributed by atoms with Gasteiger partial charge in [0.15, 0.2) is 0 Å². The minimum absolute atomic E-state index is 0.588. The lowest BCUT2D eigenvalue weighted by Gasteiger charge is -2.27. The Morgan fingerprint density at radius 3 is 2.84 bits per heavy atom. The fraction of sp³-hybridized carbons (Fsp3) is 1.00. The molecule has 0 bridgehead atoms. The summed E-state index contributed by atoms with van der Waals surface area (Å²) in [5.41, 5.74) is 0. The van der Waals surface area contributed by atoms with E-state index in [0.717, 1.165) is 25.7 Å². The lowest BCUT2D eigenvalue weighted by molar-refractivity contribution is 0.167. The van der Waals surface area contributed by atoms with E-state index < -0.39 is 0 Å². The second-order valence-electron chi connectivity index (χ2n) is 6.36. The summed E-state index contributed by atoms with van der Waals surface area (Å²) in [7, 11) is 0. The van der Waals surface area contributed by atoms with Gasteiger partial charge in [-0.25, -0.2) is 0 Å². The van der Waals surface area contributed by atoms with Crippen molar-refractivity contribution in [2.24, 2.45) is 11.8 Å². The first-order valence-corrected chi connectivity index (χ1v) is 8.37. The molecule has 0 aromatic heterocycles. The molecule has 112 valence electrons. The number of hydrogen-bond donors (Lipinski definition) is 1. The average Bonchev–Trinajstić information content (AvgIpc) is 2.73. The van der Waals surface area contributed by atoms with E-state index in [9.17, 15) is 0 Å². The molecular formula is C16H32N2O. The minimum Gasteiger partial charge on any atom is -0.379 e. The highest BCUT2D eigenvalue weighted by Crippen LogP contribution is 2.22. The second-order valence-corrected chi connectivity index (χ2v) is 6.36. The summed E-state index contributed by atoms with van der Waals surface area (Å²) in [5, 5.41) is 3.65. The van der Waals surface area contributed by atoms with Gasteiger partial charge in [0.2, 0.25) is 0 Å². The number of rotatable bonds is 6. The van der Waals surface area contributed by atoms with Gasteiger partial charge >= 0.3 is 0 Å². The van der Waals surface area contributed by atoms with Crippen LogP contribution in [0.3, 0.4) is 0 Å². The average molecular weight is 268 g/mol. The molecule has 19 heavy (non-hydrogen) atoms. The Hall–Kier alpha value is -0.120. The molecule has 2 aliphatic rings. The van der Waals surface area contributed by atoms with Gasteiger partial charge in [0.05, 0.1) is 13.2 Å². The molecule has 2 heterocycles. The van der Waals surface area contributed by atoms with Crippen molar-refractivity contribution in [1.29, 1.82) is 0 Å². The normalized spacial score (nSPS) is 33.5. The van der Waals surface area contributed by atoms with Gasteiger partial charge in [-0.2, -0.15) is 0 Å². The molecule has 3 nitrogen and oxygen atoms in total. The molecule has 0 aromatic rings. The van der Waals surface area contributed by atoms with Gasteiger partial charge < -0.3 is 15.0 Å². The van der Waals surface area contributed by atoms with Crippen molar-refractivity contribution >= 4 is 0 Å². The Labute approximate surface area is 119 Å². The highest BCUT2D eigenvalue weighted by molar-refractivity contribution is 4.84. The van der Waals surface area contributed by atoms with Crippen molar-refractivity contribution in [1.82, 2.24) is 10.2 Å². The highest BCUT2D eigenvalue weighted by atomic mass is 16.5. The van der Waals surface area contributed by atoms with Crippen molar-refractivity contribution in [2.45, 2.75) is 52.0 Å². The smallest absolute Gasteiger partial charge is 0.0623 e. The van der Waals surface area contributed by atoms with Crippen molar-refractivity contribution < 1.29 is 4.74 Å². The highest BCUT2D eigenvalue weighted by Gasteiger charge is 2.29. The third-order valence-corrected chi connectivity index (χ3v) is 4.87. The van der Waals surface area contributed by atoms with Gasteiger partial charge in [-0.3, -0.25) is 0 Å². The molecule has 2 aliphatic heterocycles. The lowest BCUT2D eigenvalue weighted by atomic mass is 9.98. The minimum atomic E-state index is 0.588. The van der Waals surface area contributed by atoms with Crippen LogP contribution in [0.15, 0.2) is 0 Å². The maximum Gasteiger partial charge on any atom is 0.0623 e. The van der Waals surface area contributed by atoms with Crippen molar-refractivity contribution in [3.05, 3.63) is 0 Å². The zero-order valence-corrected chi connectivity index (χ0v) is 12.9. The molecule has 0 aliphatic carbocycles. The van der Waals surface area contributed by atoms with E-state index in [1.807, 2.05) is 0 Å². The zero-order chi connectivity index (χ0) is 13.5. The van der Waals surface area contributed by atoms with Crippen LogP contribution in [-0.2, 0) is 4.74 Å². The topological polar surface area (TPSA) is 24.5 Å². The fourth-order valence-corrected chi connectivity index (χ4v) is 3.48. The summed E-state index contributed by atoms with van der Waals surface area (Å²) < 4.78 is 5.69. The molecule has 2 fully saturated rings. The number of hydrogen-bond acceptors (Lipinski definition) is 3. The third kappa shape index (κ3) is 4.73. The molecule has 0 aromatic carbocycles. The summed E-state index contributed by atoms with van der Waals surface area (Å²) in [6.45, 7) is 11.4. The maximum absolute atomic E-state index is 5.69. The van der Waals surface area contributed by atoms with Crippen molar-refractivity contribution in [2.75, 3.05) is 39.4 Å². The number of ether oxygens (including phenoxy) is 1. The van der Waals surface area contributed by atoms with Crippen LogP contribution in [0, 0.1) is 11.8 Å². The standard InChI is InChI=1S/C16H32N2O/c1-3-8-17-16-13-19-12-15(16)11-18-9-5-6-14(4-2)7-10-18/h14-17H,3-13H2,1-2H3. The predicted molar refractivity (Wildman–Crippen MR) is 80.5 cm³/mol. The van der Waals surface area contributed by atoms with E-state index in [-0.39, 0.29) is 0 Å². The van der Waals surface area contributed by atoms with Crippen LogP contribution < -0.4 is 5.32 Å². The van der Waals surface area contributed by atoms with Crippen molar-refractivity contribution in [3.63, 3.8) is 0 Å². The van der Waals surface area contributed by atoms with Crippen LogP contribution in [0.5, 0.6) is 0 Å². The van der Waals surface area contributed by atoms with Gasteiger partial charge in [0.1, 0.15) is 0 Å². The largest absolute Gasteiger partial charge is 0.379 e. The summed E-state index contributed by atoms with van der Waals surface area (Å²) >= 11 is 0. The zero-order valence-electron chi connectivity index (χ0n) is 12.9. The molecule has 0 saturated carbocycles. The van der Waals surface area contributed by atoms with Gasteiger partial charge in [-0.15, -0.1) is 0 Å². The van der Waals surface area contributed by atoms with Crippen LogP contribution in [0.1, 0.15) is 46.0 Å². The maximum atomic E-state index is 5.69. The van der Waals surface area contributed by atoms with Gasteiger partial charge in [-0.1, -0.05) is 20.3 Å². The molecule has 3 heteroatoms. The summed E-state index contributed by atoms with van der Waals surface area (Å²) in [5.74, 6) is 1.67. The van der Waals surface area contributed by atoms with Gasteiger partial charge in [0.25, 0.3) is 0 Å². The Bertz CT molecular complexity index is 247. The third-order valence-electron chi connectivity index (χ3n) is 4.87. The monoisotopic (exact) mass is 268 g/mol. The molecular weight excluding hydrogens is 236 g/mol. The molecule has 3 atom stereocenters. The van der Waals surface area contributed by atoms with E-state index in [1.165, 1.54) is 51.7 Å². The summed E-state index contributed by atoms with van der Waals surface area (Å²) in [6.07, 6.45) is 6.80. The predicted octanol–water partition coefficient (Wildman–Crippen LogP) is 2.51. The van der Waals surface area contributed by atoms with E-state index in [0.29, 0.717) is 12.0 Å². The number of nitrogens with zero attached hydrogens (tertiary/aromatic N) is 1. The fourth-order valence-electron chi connectivity index (χ4n) is 3.48. The molecule has 2 rings (SSSR count). The van der Waals surface area contributed by atoms with Crippen LogP contribution in [-0.4, -0.2) is 50.3 Å². The first kappa shape index (κ1) is 15.3. The van der Waals surface area contributed by atoms with Crippen LogP contribution >= 0.6 is 0 Å².